The third-order valence-electron chi connectivity index (χ3n) is 24.3. The average Bonchev–Trinajstić information content (AvgIpc) is 1.75. The molecule has 13 atom stereocenters. The predicted octanol–water partition coefficient (Wildman–Crippen LogP) is 6.24. The summed E-state index contributed by atoms with van der Waals surface area (Å²) in [7, 11) is 8.81. The summed E-state index contributed by atoms with van der Waals surface area (Å²) in [5.74, 6) is -9.98. The summed E-state index contributed by atoms with van der Waals surface area (Å²) in [5, 5.41) is 7.69. The number of nitrogens with zero attached hydrogens (tertiary/aromatic N) is 9. The predicted molar refractivity (Wildman–Crippen MR) is 372 cm³/mol. The Morgan fingerprint density at radius 2 is 1.24 bits per heavy atom. The van der Waals surface area contributed by atoms with E-state index in [1.54, 1.807) is 11.8 Å². The quantitative estimate of drug-likeness (QED) is 0.184. The summed E-state index contributed by atoms with van der Waals surface area (Å²) in [6.07, 6.45) is 6.36. The summed E-state index contributed by atoms with van der Waals surface area (Å²) in [6, 6.07) is -10.6. The molecule has 101 heavy (non-hydrogen) atoms. The van der Waals surface area contributed by atoms with E-state index in [1.165, 1.54) is 88.4 Å². The van der Waals surface area contributed by atoms with Crippen molar-refractivity contribution < 1.29 is 70.7 Å². The smallest absolute Gasteiger partial charge is 0.343 e. The van der Waals surface area contributed by atoms with Crippen molar-refractivity contribution >= 4 is 82.5 Å². The number of carbonyl (C=O) groups is 12. The van der Waals surface area contributed by atoms with Crippen LogP contribution in [0, 0.1) is 35.5 Å². The molecular formula is C73H116ClF3N12O12. The second kappa shape index (κ2) is 35.0. The zero-order valence-corrected chi connectivity index (χ0v) is 62.6. The second-order valence-electron chi connectivity index (χ2n) is 31.5. The van der Waals surface area contributed by atoms with Gasteiger partial charge >= 0.3 is 6.18 Å². The molecule has 0 radical (unpaired) electrons. The highest BCUT2D eigenvalue weighted by molar-refractivity contribution is 6.21. The van der Waals surface area contributed by atoms with E-state index in [0.717, 1.165) is 44.9 Å². The van der Waals surface area contributed by atoms with E-state index < -0.39 is 167 Å². The van der Waals surface area contributed by atoms with Crippen LogP contribution in [0.1, 0.15) is 208 Å². The summed E-state index contributed by atoms with van der Waals surface area (Å²) >= 11 is 6.42. The minimum Gasteiger partial charge on any atom is -0.343 e. The molecule has 4 saturated heterocycles. The maximum atomic E-state index is 15.6. The van der Waals surface area contributed by atoms with Gasteiger partial charge in [0.25, 0.3) is 0 Å². The van der Waals surface area contributed by atoms with Crippen LogP contribution in [0.4, 0.5) is 13.2 Å². The summed E-state index contributed by atoms with van der Waals surface area (Å²) in [4.78, 5) is 193. The molecular weight excluding hydrogens is 1330 g/mol. The van der Waals surface area contributed by atoms with Crippen molar-refractivity contribution in [3.63, 3.8) is 0 Å². The number of likely N-dealkylation sites (tertiary alicyclic amines) is 1. The lowest BCUT2D eigenvalue weighted by molar-refractivity contribution is -0.182. The lowest BCUT2D eigenvalue weighted by Crippen LogP contribution is -2.65. The molecule has 4 aliphatic carbocycles. The molecule has 4 aliphatic heterocycles. The lowest BCUT2D eigenvalue weighted by atomic mass is 9.78. The molecule has 1 spiro atoms. The van der Waals surface area contributed by atoms with E-state index in [4.69, 9.17) is 11.6 Å². The first-order valence-corrected chi connectivity index (χ1v) is 38.2. The molecule has 4 saturated carbocycles. The summed E-state index contributed by atoms with van der Waals surface area (Å²) < 4.78 is 42.1. The van der Waals surface area contributed by atoms with Crippen molar-refractivity contribution in [2.45, 2.75) is 279 Å². The SMILES string of the molecule is CC[C@H](C)[C@@H]1NC(=O)[C@H](CCC(C)C)N(C)C(=O)C[C@@H](C(=O)N2CCC2)N(C)C(=O)[C@H](C2CCCC2)N(C)C(=O)C2(CCCC2)NC(=O)[C@@H]2CCCN2C(=O)[C@H](CCC2CCC(C(F)(F)F)C(Cl)C2)NC(=O)CN(C)C(=O)[C@H](CC2CCCCC2)N(C)C(=O)[C@@H]2CCN2C(=O)[C@H](C)N(C)C1=O. The molecule has 3 N–H and O–H groups in total. The first-order chi connectivity index (χ1) is 47.7. The number of amides is 12. The van der Waals surface area contributed by atoms with Crippen LogP contribution in [0.3, 0.4) is 0 Å². The minimum absolute atomic E-state index is 0.00506. The van der Waals surface area contributed by atoms with Gasteiger partial charge < -0.3 is 60.0 Å². The van der Waals surface area contributed by atoms with Crippen LogP contribution in [0.5, 0.6) is 0 Å². The molecule has 0 aromatic heterocycles. The van der Waals surface area contributed by atoms with Gasteiger partial charge in [0.15, 0.2) is 0 Å². The van der Waals surface area contributed by atoms with Gasteiger partial charge in [-0.1, -0.05) is 91.9 Å². The Morgan fingerprint density at radius 1 is 0.594 bits per heavy atom. The van der Waals surface area contributed by atoms with Gasteiger partial charge in [-0.3, -0.25) is 57.5 Å². The number of hydrogen-bond donors (Lipinski definition) is 3. The Morgan fingerprint density at radius 3 is 1.82 bits per heavy atom. The molecule has 12 amide bonds. The number of hydrogen-bond acceptors (Lipinski definition) is 12. The van der Waals surface area contributed by atoms with Crippen LogP contribution >= 0.6 is 11.6 Å². The molecule has 0 bridgehead atoms. The van der Waals surface area contributed by atoms with Crippen molar-refractivity contribution in [3.05, 3.63) is 0 Å². The van der Waals surface area contributed by atoms with Crippen molar-refractivity contribution in [1.82, 2.24) is 60.0 Å². The molecule has 28 heteroatoms. The first kappa shape index (κ1) is 80.4. The van der Waals surface area contributed by atoms with E-state index in [1.807, 2.05) is 20.8 Å². The van der Waals surface area contributed by atoms with Crippen molar-refractivity contribution in [2.24, 2.45) is 35.5 Å². The third-order valence-corrected chi connectivity index (χ3v) is 24.8. The number of nitrogens with one attached hydrogen (secondary N) is 3. The van der Waals surface area contributed by atoms with Crippen molar-refractivity contribution in [2.75, 3.05) is 75.0 Å². The molecule has 0 aromatic rings. The number of rotatable bonds is 12. The number of alkyl halides is 4. The van der Waals surface area contributed by atoms with Crippen molar-refractivity contribution in [3.8, 4) is 0 Å². The van der Waals surface area contributed by atoms with Crippen LogP contribution in [-0.2, 0) is 57.5 Å². The van der Waals surface area contributed by atoms with Crippen LogP contribution < -0.4 is 16.0 Å². The number of likely N-dealkylation sites (N-methyl/N-ethyl adjacent to an activating group) is 6. The molecule has 3 unspecified atom stereocenters. The number of halogens is 4. The fourth-order valence-electron chi connectivity index (χ4n) is 17.1. The highest BCUT2D eigenvalue weighted by Gasteiger charge is 2.53. The van der Waals surface area contributed by atoms with Crippen molar-refractivity contribution in [1.29, 1.82) is 0 Å². The van der Waals surface area contributed by atoms with Gasteiger partial charge in [0, 0.05) is 73.8 Å². The zero-order valence-electron chi connectivity index (χ0n) is 61.8. The maximum absolute atomic E-state index is 15.6. The average molecular weight is 1450 g/mol. The Hall–Kier alpha value is -6.28. The van der Waals surface area contributed by atoms with Gasteiger partial charge in [-0.2, -0.15) is 13.2 Å². The van der Waals surface area contributed by atoms with Gasteiger partial charge in [0.2, 0.25) is 70.9 Å². The van der Waals surface area contributed by atoms with E-state index in [2.05, 4.69) is 16.0 Å². The highest BCUT2D eigenvalue weighted by atomic mass is 35.5. The summed E-state index contributed by atoms with van der Waals surface area (Å²) in [6.45, 7) is 9.55. The fraction of sp³-hybridized carbons (Fsp3) is 0.836. The molecule has 0 aromatic carbocycles. The number of carbonyl (C=O) groups excluding carboxylic acids is 12. The molecule has 8 fully saturated rings. The van der Waals surface area contributed by atoms with Crippen LogP contribution in [0.2, 0.25) is 0 Å². The van der Waals surface area contributed by atoms with E-state index in [-0.39, 0.29) is 107 Å². The monoisotopic (exact) mass is 1440 g/mol. The Kier molecular flexibility index (Phi) is 27.9. The van der Waals surface area contributed by atoms with E-state index >= 15 is 28.8 Å². The molecule has 4 heterocycles. The van der Waals surface area contributed by atoms with Gasteiger partial charge in [-0.15, -0.1) is 11.6 Å². The fourth-order valence-corrected chi connectivity index (χ4v) is 17.6. The molecule has 568 valence electrons. The standard InChI is InChI=1S/C73H116ClF3N12O12/c1-12-45(4)60-69(99)82(7)46(5)64(94)89-39-33-55(89)67(97)84(9)56(41-47-22-14-13-15-23-47)66(96)81(6)43-58(90)78-52(31-29-48-28-30-50(51(74)40-48)73(75,76)77)65(95)88-38-20-26-54(88)63(93)80-72(34-18-19-35-72)71(101)86(11)61(49-24-16-17-25-49)70(100)85(10)57(68(98)87-36-21-37-87)42-59(91)83(8)53(62(92)79-60)32-27-44(2)3/h44-57,60-61H,12-43H2,1-11H3,(H,78,90)(H,79,92)(H,80,93)/t45-,46-,48?,50?,51?,52-,53-,54-,55-,56-,57-,60-,61-/m0/s1. The van der Waals surface area contributed by atoms with Gasteiger partial charge in [0.05, 0.1) is 18.9 Å². The zero-order chi connectivity index (χ0) is 74.1. The highest BCUT2D eigenvalue weighted by Crippen LogP contribution is 2.44. The minimum atomic E-state index is -4.51. The molecule has 8 aliphatic rings. The lowest BCUT2D eigenvalue weighted by Gasteiger charge is -2.45. The maximum Gasteiger partial charge on any atom is 0.393 e. The topological polar surface area (TPSA) is 270 Å². The van der Waals surface area contributed by atoms with Gasteiger partial charge in [-0.05, 0) is 139 Å². The van der Waals surface area contributed by atoms with E-state index in [9.17, 15) is 41.9 Å². The van der Waals surface area contributed by atoms with Gasteiger partial charge in [-0.25, -0.2) is 0 Å². The Labute approximate surface area is 600 Å². The summed E-state index contributed by atoms with van der Waals surface area (Å²) in [5.41, 5.74) is -1.54. The second-order valence-corrected chi connectivity index (χ2v) is 32.0. The van der Waals surface area contributed by atoms with Gasteiger partial charge in [0.1, 0.15) is 59.9 Å². The third kappa shape index (κ3) is 18.8. The molecule has 8 rings (SSSR count). The largest absolute Gasteiger partial charge is 0.393 e. The first-order valence-electron chi connectivity index (χ1n) is 37.8. The van der Waals surface area contributed by atoms with Crippen LogP contribution in [-0.4, -0.2) is 261 Å². The number of fused-ring (bicyclic) bond motifs is 2. The van der Waals surface area contributed by atoms with E-state index in [0.29, 0.717) is 64.5 Å². The molecule has 24 nitrogen and oxygen atoms in total. The Balaban J connectivity index is 1.16. The normalized spacial score (nSPS) is 31.5. The van der Waals surface area contributed by atoms with Crippen LogP contribution in [0.25, 0.3) is 0 Å². The Bertz CT molecular complexity index is 3000. The van der Waals surface area contributed by atoms with Crippen LogP contribution in [0.15, 0.2) is 0 Å².